The molecule has 4 nitrogen and oxygen atoms in total. The summed E-state index contributed by atoms with van der Waals surface area (Å²) in [6.07, 6.45) is 1.46. The highest BCUT2D eigenvalue weighted by Gasteiger charge is 2.27. The fourth-order valence-corrected chi connectivity index (χ4v) is 1.68. The van der Waals surface area contributed by atoms with Crippen LogP contribution in [0.3, 0.4) is 0 Å². The van der Waals surface area contributed by atoms with Crippen molar-refractivity contribution >= 4 is 5.95 Å². The van der Waals surface area contributed by atoms with Crippen molar-refractivity contribution < 1.29 is 5.11 Å². The van der Waals surface area contributed by atoms with Crippen LogP contribution in [0.2, 0.25) is 0 Å². The maximum absolute atomic E-state index is 9.12. The van der Waals surface area contributed by atoms with E-state index in [0.717, 1.165) is 24.2 Å². The molecule has 0 aliphatic heterocycles. The molecule has 1 aromatic rings. The molecule has 0 amide bonds. The van der Waals surface area contributed by atoms with E-state index in [0.29, 0.717) is 12.0 Å². The Labute approximate surface area is 83.4 Å². The normalized spacial score (nSPS) is 25.6. The zero-order valence-electron chi connectivity index (χ0n) is 8.49. The van der Waals surface area contributed by atoms with E-state index in [2.05, 4.69) is 15.3 Å². The maximum Gasteiger partial charge on any atom is 0.223 e. The molecule has 0 saturated heterocycles. The van der Waals surface area contributed by atoms with Crippen LogP contribution in [0.1, 0.15) is 24.2 Å². The molecule has 1 aliphatic carbocycles. The Morgan fingerprint density at radius 2 is 1.86 bits per heavy atom. The molecular weight excluding hydrogens is 178 g/mol. The number of nitrogens with one attached hydrogen (secondary N) is 1. The van der Waals surface area contributed by atoms with Crippen LogP contribution in [-0.4, -0.2) is 27.2 Å². The molecule has 14 heavy (non-hydrogen) atoms. The van der Waals surface area contributed by atoms with Crippen molar-refractivity contribution in [3.8, 4) is 0 Å². The SMILES string of the molecule is Cc1cc(C)nc(NC2CC(O)C2)n1. The monoisotopic (exact) mass is 193 g/mol. The molecule has 2 rings (SSSR count). The largest absolute Gasteiger partial charge is 0.393 e. The van der Waals surface area contributed by atoms with Gasteiger partial charge in [-0.05, 0) is 32.8 Å². The fourth-order valence-electron chi connectivity index (χ4n) is 1.68. The number of hydrogen-bond donors (Lipinski definition) is 2. The van der Waals surface area contributed by atoms with Crippen LogP contribution in [0.5, 0.6) is 0 Å². The summed E-state index contributed by atoms with van der Waals surface area (Å²) in [5.41, 5.74) is 1.94. The van der Waals surface area contributed by atoms with E-state index < -0.39 is 0 Å². The van der Waals surface area contributed by atoms with Crippen molar-refractivity contribution in [3.05, 3.63) is 17.5 Å². The Balaban J connectivity index is 2.02. The van der Waals surface area contributed by atoms with Crippen molar-refractivity contribution in [3.63, 3.8) is 0 Å². The van der Waals surface area contributed by atoms with Gasteiger partial charge in [-0.3, -0.25) is 0 Å². The second-order valence-corrected chi connectivity index (χ2v) is 3.94. The van der Waals surface area contributed by atoms with E-state index in [4.69, 9.17) is 5.11 Å². The Bertz CT molecular complexity index is 314. The number of rotatable bonds is 2. The molecule has 1 aromatic heterocycles. The zero-order valence-corrected chi connectivity index (χ0v) is 8.49. The van der Waals surface area contributed by atoms with E-state index in [1.807, 2.05) is 19.9 Å². The standard InChI is InChI=1S/C10H15N3O/c1-6-3-7(2)12-10(11-6)13-8-4-9(14)5-8/h3,8-9,14H,4-5H2,1-2H3,(H,11,12,13). The van der Waals surface area contributed by atoms with Gasteiger partial charge in [0.1, 0.15) is 0 Å². The van der Waals surface area contributed by atoms with Crippen LogP contribution < -0.4 is 5.32 Å². The molecule has 1 aliphatic rings. The fraction of sp³-hybridized carbons (Fsp3) is 0.600. The Kier molecular flexibility index (Phi) is 2.37. The van der Waals surface area contributed by atoms with Crippen LogP contribution in [0, 0.1) is 13.8 Å². The first kappa shape index (κ1) is 9.40. The van der Waals surface area contributed by atoms with Crippen molar-refractivity contribution in [2.45, 2.75) is 38.8 Å². The zero-order chi connectivity index (χ0) is 10.1. The van der Waals surface area contributed by atoms with E-state index in [9.17, 15) is 0 Å². The Morgan fingerprint density at radius 3 is 2.36 bits per heavy atom. The van der Waals surface area contributed by atoms with Gasteiger partial charge in [-0.15, -0.1) is 0 Å². The third-order valence-corrected chi connectivity index (χ3v) is 2.43. The first-order chi connectivity index (χ1) is 6.63. The number of aryl methyl sites for hydroxylation is 2. The highest BCUT2D eigenvalue weighted by atomic mass is 16.3. The maximum atomic E-state index is 9.12. The summed E-state index contributed by atoms with van der Waals surface area (Å²) in [7, 11) is 0. The van der Waals surface area contributed by atoms with Crippen LogP contribution in [0.25, 0.3) is 0 Å². The number of aliphatic hydroxyl groups is 1. The van der Waals surface area contributed by atoms with Gasteiger partial charge in [0.05, 0.1) is 6.10 Å². The molecule has 4 heteroatoms. The summed E-state index contributed by atoms with van der Waals surface area (Å²) >= 11 is 0. The van der Waals surface area contributed by atoms with Crippen LogP contribution in [0.4, 0.5) is 5.95 Å². The van der Waals surface area contributed by atoms with Crippen LogP contribution in [-0.2, 0) is 0 Å². The summed E-state index contributed by atoms with van der Waals surface area (Å²) in [6, 6.07) is 2.28. The Hall–Kier alpha value is -1.16. The molecule has 1 heterocycles. The first-order valence-electron chi connectivity index (χ1n) is 4.90. The number of aliphatic hydroxyl groups excluding tert-OH is 1. The lowest BCUT2D eigenvalue weighted by atomic mass is 9.90. The van der Waals surface area contributed by atoms with Gasteiger partial charge in [-0.1, -0.05) is 0 Å². The number of anilines is 1. The van der Waals surface area contributed by atoms with Gasteiger partial charge in [-0.2, -0.15) is 0 Å². The molecule has 0 atom stereocenters. The molecule has 1 fully saturated rings. The van der Waals surface area contributed by atoms with Gasteiger partial charge in [0, 0.05) is 17.4 Å². The first-order valence-corrected chi connectivity index (χ1v) is 4.90. The highest BCUT2D eigenvalue weighted by Crippen LogP contribution is 2.22. The minimum absolute atomic E-state index is 0.140. The summed E-state index contributed by atoms with van der Waals surface area (Å²) in [6.45, 7) is 3.91. The van der Waals surface area contributed by atoms with E-state index >= 15 is 0 Å². The highest BCUT2D eigenvalue weighted by molar-refractivity contribution is 5.30. The quantitative estimate of drug-likeness (QED) is 0.736. The predicted molar refractivity (Wildman–Crippen MR) is 54.2 cm³/mol. The molecule has 0 aromatic carbocycles. The van der Waals surface area contributed by atoms with E-state index in [-0.39, 0.29) is 6.10 Å². The topological polar surface area (TPSA) is 58.0 Å². The molecule has 76 valence electrons. The minimum Gasteiger partial charge on any atom is -0.393 e. The van der Waals surface area contributed by atoms with Crippen molar-refractivity contribution in [2.75, 3.05) is 5.32 Å². The third kappa shape index (κ3) is 2.01. The lowest BCUT2D eigenvalue weighted by Crippen LogP contribution is -2.39. The van der Waals surface area contributed by atoms with Crippen molar-refractivity contribution in [1.29, 1.82) is 0 Å². The van der Waals surface area contributed by atoms with Gasteiger partial charge < -0.3 is 10.4 Å². The smallest absolute Gasteiger partial charge is 0.223 e. The average molecular weight is 193 g/mol. The predicted octanol–water partition coefficient (Wildman–Crippen LogP) is 1.03. The molecule has 1 saturated carbocycles. The van der Waals surface area contributed by atoms with Gasteiger partial charge >= 0.3 is 0 Å². The lowest BCUT2D eigenvalue weighted by Gasteiger charge is -2.31. The van der Waals surface area contributed by atoms with Gasteiger partial charge in [-0.25, -0.2) is 9.97 Å². The molecule has 0 radical (unpaired) electrons. The minimum atomic E-state index is -0.140. The summed E-state index contributed by atoms with van der Waals surface area (Å²) < 4.78 is 0. The summed E-state index contributed by atoms with van der Waals surface area (Å²) in [5.74, 6) is 0.680. The van der Waals surface area contributed by atoms with Crippen molar-refractivity contribution in [1.82, 2.24) is 9.97 Å². The summed E-state index contributed by atoms with van der Waals surface area (Å²) in [4.78, 5) is 8.55. The van der Waals surface area contributed by atoms with Gasteiger partial charge in [0.2, 0.25) is 5.95 Å². The molecular formula is C10H15N3O. The third-order valence-electron chi connectivity index (χ3n) is 2.43. The van der Waals surface area contributed by atoms with E-state index in [1.54, 1.807) is 0 Å². The summed E-state index contributed by atoms with van der Waals surface area (Å²) in [5, 5.41) is 12.3. The average Bonchev–Trinajstić information content (AvgIpc) is 1.99. The second kappa shape index (κ2) is 3.53. The van der Waals surface area contributed by atoms with Crippen LogP contribution in [0.15, 0.2) is 6.07 Å². The Morgan fingerprint density at radius 1 is 1.29 bits per heavy atom. The second-order valence-electron chi connectivity index (χ2n) is 3.94. The molecule has 2 N–H and O–H groups in total. The molecule has 0 spiro atoms. The lowest BCUT2D eigenvalue weighted by molar-refractivity contribution is 0.0834. The molecule has 0 bridgehead atoms. The number of nitrogens with zero attached hydrogens (tertiary/aromatic N) is 2. The molecule has 0 unspecified atom stereocenters. The van der Waals surface area contributed by atoms with E-state index in [1.165, 1.54) is 0 Å². The number of aromatic nitrogens is 2. The van der Waals surface area contributed by atoms with Gasteiger partial charge in [0.15, 0.2) is 0 Å². The van der Waals surface area contributed by atoms with Crippen molar-refractivity contribution in [2.24, 2.45) is 0 Å². The van der Waals surface area contributed by atoms with Crippen LogP contribution >= 0.6 is 0 Å². The number of hydrogen-bond acceptors (Lipinski definition) is 4. The van der Waals surface area contributed by atoms with Gasteiger partial charge in [0.25, 0.3) is 0 Å².